The Morgan fingerprint density at radius 1 is 1.29 bits per heavy atom. The minimum Gasteiger partial charge on any atom is -0.386 e. The number of aliphatic hydroxyl groups excluding tert-OH is 1. The fraction of sp³-hybridized carbons (Fsp3) is 1.00. The van der Waals surface area contributed by atoms with Crippen LogP contribution in [-0.4, -0.2) is 22.2 Å². The highest BCUT2D eigenvalue weighted by Gasteiger charge is 2.26. The Kier molecular flexibility index (Phi) is 7.38. The summed E-state index contributed by atoms with van der Waals surface area (Å²) in [5, 5.41) is 20.0. The third-order valence-electron chi connectivity index (χ3n) is 2.49. The van der Waals surface area contributed by atoms with Crippen LogP contribution in [0.1, 0.15) is 52.4 Å². The molecule has 84 valence electrons. The molecule has 0 aromatic carbocycles. The molecule has 0 radical (unpaired) electrons. The van der Waals surface area contributed by atoms with Crippen LogP contribution in [0.3, 0.4) is 0 Å². The molecule has 0 amide bonds. The highest BCUT2D eigenvalue weighted by Crippen LogP contribution is 2.12. The summed E-state index contributed by atoms with van der Waals surface area (Å²) in [6.45, 7) is 3.85. The second kappa shape index (κ2) is 7.74. The average Bonchev–Trinajstić information content (AvgIpc) is 2.13. The zero-order valence-electron chi connectivity index (χ0n) is 9.11. The molecule has 2 atom stereocenters. The number of nitrogens with zero attached hydrogens (tertiary/aromatic N) is 1. The summed E-state index contributed by atoms with van der Waals surface area (Å²) in [5.74, 6) is 0. The van der Waals surface area contributed by atoms with E-state index >= 15 is 0 Å². The van der Waals surface area contributed by atoms with Crippen LogP contribution in [0.15, 0.2) is 0 Å². The highest BCUT2D eigenvalue weighted by molar-refractivity contribution is 4.66. The van der Waals surface area contributed by atoms with Crippen LogP contribution in [0.2, 0.25) is 0 Å². The van der Waals surface area contributed by atoms with Gasteiger partial charge in [-0.25, -0.2) is 0 Å². The third kappa shape index (κ3) is 5.17. The first-order valence-corrected chi connectivity index (χ1v) is 5.45. The highest BCUT2D eigenvalue weighted by atomic mass is 16.6. The first kappa shape index (κ1) is 13.4. The molecule has 1 N–H and O–H groups in total. The SMILES string of the molecule is CCCCCC[C@@H](O)C(CC)[N+](=O)[O-]. The van der Waals surface area contributed by atoms with E-state index in [1.165, 1.54) is 0 Å². The van der Waals surface area contributed by atoms with Crippen LogP contribution >= 0.6 is 0 Å². The first-order chi connectivity index (χ1) is 6.63. The molecule has 0 aliphatic heterocycles. The van der Waals surface area contributed by atoms with Crippen molar-refractivity contribution in [3.05, 3.63) is 10.1 Å². The van der Waals surface area contributed by atoms with Crippen LogP contribution in [-0.2, 0) is 0 Å². The van der Waals surface area contributed by atoms with Crippen molar-refractivity contribution < 1.29 is 10.0 Å². The van der Waals surface area contributed by atoms with E-state index in [0.717, 1.165) is 25.7 Å². The third-order valence-corrected chi connectivity index (χ3v) is 2.49. The van der Waals surface area contributed by atoms with Crippen molar-refractivity contribution in [3.63, 3.8) is 0 Å². The van der Waals surface area contributed by atoms with Crippen LogP contribution in [0.5, 0.6) is 0 Å². The largest absolute Gasteiger partial charge is 0.386 e. The fourth-order valence-corrected chi connectivity index (χ4v) is 1.53. The summed E-state index contributed by atoms with van der Waals surface area (Å²) in [4.78, 5) is 10.1. The van der Waals surface area contributed by atoms with Crippen molar-refractivity contribution in [2.24, 2.45) is 0 Å². The number of hydrogen-bond acceptors (Lipinski definition) is 3. The molecule has 0 heterocycles. The molecule has 0 aliphatic rings. The van der Waals surface area contributed by atoms with E-state index in [4.69, 9.17) is 0 Å². The topological polar surface area (TPSA) is 63.4 Å². The minimum atomic E-state index is -0.781. The Morgan fingerprint density at radius 2 is 1.93 bits per heavy atom. The second-order valence-corrected chi connectivity index (χ2v) is 3.68. The van der Waals surface area contributed by atoms with Gasteiger partial charge in [-0.05, 0) is 6.42 Å². The summed E-state index contributed by atoms with van der Waals surface area (Å²) >= 11 is 0. The lowest BCUT2D eigenvalue weighted by atomic mass is 10.0. The summed E-state index contributed by atoms with van der Waals surface area (Å²) in [7, 11) is 0. The molecule has 0 saturated heterocycles. The van der Waals surface area contributed by atoms with E-state index < -0.39 is 12.1 Å². The van der Waals surface area contributed by atoms with Gasteiger partial charge in [0.15, 0.2) is 0 Å². The van der Waals surface area contributed by atoms with Gasteiger partial charge in [-0.2, -0.15) is 0 Å². The molecule has 0 aromatic heterocycles. The fourth-order valence-electron chi connectivity index (χ4n) is 1.53. The summed E-state index contributed by atoms with van der Waals surface area (Å²) in [5.41, 5.74) is 0. The molecule has 0 rings (SSSR count). The minimum absolute atomic E-state index is 0.371. The average molecular weight is 203 g/mol. The molecule has 4 nitrogen and oxygen atoms in total. The standard InChI is InChI=1S/C10H21NO3/c1-3-5-6-7-8-10(12)9(4-2)11(13)14/h9-10,12H,3-8H2,1-2H3/t9?,10-/m1/s1. The number of rotatable bonds is 8. The first-order valence-electron chi connectivity index (χ1n) is 5.45. The molecule has 0 aliphatic carbocycles. The number of nitro groups is 1. The summed E-state index contributed by atoms with van der Waals surface area (Å²) < 4.78 is 0. The van der Waals surface area contributed by atoms with E-state index in [2.05, 4.69) is 6.92 Å². The van der Waals surface area contributed by atoms with Crippen molar-refractivity contribution in [3.8, 4) is 0 Å². The van der Waals surface area contributed by atoms with E-state index in [1.807, 2.05) is 0 Å². The van der Waals surface area contributed by atoms with Gasteiger partial charge in [-0.1, -0.05) is 39.5 Å². The lowest BCUT2D eigenvalue weighted by Crippen LogP contribution is -2.32. The van der Waals surface area contributed by atoms with E-state index in [0.29, 0.717) is 12.8 Å². The molecular weight excluding hydrogens is 182 g/mol. The maximum Gasteiger partial charge on any atom is 0.238 e. The predicted octanol–water partition coefficient (Wildman–Crippen LogP) is 2.37. The van der Waals surface area contributed by atoms with Gasteiger partial charge >= 0.3 is 0 Å². The predicted molar refractivity (Wildman–Crippen MR) is 55.8 cm³/mol. The Bertz CT molecular complexity index is 161. The van der Waals surface area contributed by atoms with Crippen molar-refractivity contribution in [2.45, 2.75) is 64.5 Å². The molecule has 0 bridgehead atoms. The summed E-state index contributed by atoms with van der Waals surface area (Å²) in [6, 6.07) is -0.781. The lowest BCUT2D eigenvalue weighted by Gasteiger charge is -2.13. The summed E-state index contributed by atoms with van der Waals surface area (Å²) in [6.07, 6.45) is 4.42. The molecule has 1 unspecified atom stereocenters. The van der Waals surface area contributed by atoms with Gasteiger partial charge in [-0.15, -0.1) is 0 Å². The van der Waals surface area contributed by atoms with Crippen molar-refractivity contribution >= 4 is 0 Å². The van der Waals surface area contributed by atoms with Crippen LogP contribution < -0.4 is 0 Å². The quantitative estimate of drug-likeness (QED) is 0.374. The van der Waals surface area contributed by atoms with Gasteiger partial charge in [0.25, 0.3) is 0 Å². The zero-order chi connectivity index (χ0) is 11.0. The van der Waals surface area contributed by atoms with Crippen molar-refractivity contribution in [1.29, 1.82) is 0 Å². The number of aliphatic hydroxyl groups is 1. The Hall–Kier alpha value is -0.640. The lowest BCUT2D eigenvalue weighted by molar-refractivity contribution is -0.534. The van der Waals surface area contributed by atoms with Crippen molar-refractivity contribution in [2.75, 3.05) is 0 Å². The normalized spacial score (nSPS) is 15.1. The second-order valence-electron chi connectivity index (χ2n) is 3.68. The molecule has 0 spiro atoms. The number of hydrogen-bond donors (Lipinski definition) is 1. The molecule has 0 saturated carbocycles. The smallest absolute Gasteiger partial charge is 0.238 e. The van der Waals surface area contributed by atoms with Gasteiger partial charge in [-0.3, -0.25) is 10.1 Å². The Morgan fingerprint density at radius 3 is 2.36 bits per heavy atom. The van der Waals surface area contributed by atoms with Crippen LogP contribution in [0, 0.1) is 10.1 Å². The van der Waals surface area contributed by atoms with Crippen LogP contribution in [0.4, 0.5) is 0 Å². The van der Waals surface area contributed by atoms with Gasteiger partial charge in [0.1, 0.15) is 6.10 Å². The molecule has 0 fully saturated rings. The van der Waals surface area contributed by atoms with E-state index in [-0.39, 0.29) is 4.92 Å². The van der Waals surface area contributed by atoms with Gasteiger partial charge in [0.2, 0.25) is 6.04 Å². The number of unbranched alkanes of at least 4 members (excludes halogenated alkanes) is 3. The maximum atomic E-state index is 10.5. The monoisotopic (exact) mass is 203 g/mol. The van der Waals surface area contributed by atoms with E-state index in [9.17, 15) is 15.2 Å². The van der Waals surface area contributed by atoms with Crippen molar-refractivity contribution in [1.82, 2.24) is 0 Å². The molecule has 4 heteroatoms. The Balaban J connectivity index is 3.69. The zero-order valence-corrected chi connectivity index (χ0v) is 9.11. The Labute approximate surface area is 85.5 Å². The van der Waals surface area contributed by atoms with E-state index in [1.54, 1.807) is 6.92 Å². The van der Waals surface area contributed by atoms with Gasteiger partial charge < -0.3 is 5.11 Å². The molecular formula is C10H21NO3. The van der Waals surface area contributed by atoms with Crippen LogP contribution in [0.25, 0.3) is 0 Å². The van der Waals surface area contributed by atoms with Gasteiger partial charge in [0, 0.05) is 11.3 Å². The molecule has 0 aromatic rings. The molecule has 14 heavy (non-hydrogen) atoms. The van der Waals surface area contributed by atoms with Gasteiger partial charge in [0.05, 0.1) is 0 Å². The maximum absolute atomic E-state index is 10.5.